The molecule has 0 bridgehead atoms. The van der Waals surface area contributed by atoms with E-state index in [2.05, 4.69) is 56.1 Å². The van der Waals surface area contributed by atoms with Gasteiger partial charge in [-0.1, -0.05) is 55.7 Å². The summed E-state index contributed by atoms with van der Waals surface area (Å²) in [4.78, 5) is 0. The second-order valence-corrected chi connectivity index (χ2v) is 6.40. The molecule has 1 atom stereocenters. The third-order valence-corrected chi connectivity index (χ3v) is 4.70. The fraction of sp³-hybridized carbons (Fsp3) is 0.579. The third-order valence-electron chi connectivity index (χ3n) is 4.70. The van der Waals surface area contributed by atoms with Crippen molar-refractivity contribution in [2.75, 3.05) is 6.54 Å². The highest BCUT2D eigenvalue weighted by molar-refractivity contribution is 5.30. The zero-order valence-corrected chi connectivity index (χ0v) is 13.1. The summed E-state index contributed by atoms with van der Waals surface area (Å²) < 4.78 is 0. The molecule has 0 spiro atoms. The predicted molar refractivity (Wildman–Crippen MR) is 88.1 cm³/mol. The van der Waals surface area contributed by atoms with Gasteiger partial charge in [0.1, 0.15) is 0 Å². The van der Waals surface area contributed by atoms with Crippen molar-refractivity contribution in [3.05, 3.63) is 48.0 Å². The highest BCUT2D eigenvalue weighted by Crippen LogP contribution is 2.45. The van der Waals surface area contributed by atoms with Crippen LogP contribution in [0.3, 0.4) is 0 Å². The summed E-state index contributed by atoms with van der Waals surface area (Å²) in [6, 6.07) is 11.7. The number of hydrogen-bond donors (Lipinski definition) is 1. The zero-order chi connectivity index (χ0) is 14.4. The Balaban J connectivity index is 2.30. The molecule has 110 valence electrons. The summed E-state index contributed by atoms with van der Waals surface area (Å²) in [6.45, 7) is 9.67. The molecule has 1 heteroatoms. The number of hydrogen-bond acceptors (Lipinski definition) is 1. The van der Waals surface area contributed by atoms with E-state index in [-0.39, 0.29) is 0 Å². The van der Waals surface area contributed by atoms with Crippen molar-refractivity contribution in [1.29, 1.82) is 0 Å². The third kappa shape index (κ3) is 3.32. The number of rotatable bonds is 7. The number of nitrogens with one attached hydrogen (secondary N) is 1. The van der Waals surface area contributed by atoms with E-state index < -0.39 is 0 Å². The fourth-order valence-electron chi connectivity index (χ4n) is 3.74. The first kappa shape index (κ1) is 15.3. The average Bonchev–Trinajstić information content (AvgIpc) is 2.95. The largest absolute Gasteiger partial charge is 0.313 e. The summed E-state index contributed by atoms with van der Waals surface area (Å²) in [5.41, 5.74) is 3.13. The summed E-state index contributed by atoms with van der Waals surface area (Å²) in [5, 5.41) is 3.82. The van der Waals surface area contributed by atoms with E-state index in [4.69, 9.17) is 0 Å². The maximum atomic E-state index is 4.16. The van der Waals surface area contributed by atoms with Gasteiger partial charge in [0.05, 0.1) is 0 Å². The van der Waals surface area contributed by atoms with Crippen LogP contribution in [0.15, 0.2) is 42.5 Å². The van der Waals surface area contributed by atoms with Gasteiger partial charge in [-0.2, -0.15) is 0 Å². The first-order valence-corrected chi connectivity index (χ1v) is 8.12. The molecule has 0 saturated heterocycles. The molecule has 0 aromatic heterocycles. The Labute approximate surface area is 124 Å². The minimum atomic E-state index is 0.315. The lowest BCUT2D eigenvalue weighted by atomic mass is 9.71. The van der Waals surface area contributed by atoms with Gasteiger partial charge in [0, 0.05) is 11.5 Å². The molecule has 1 aromatic carbocycles. The van der Waals surface area contributed by atoms with Gasteiger partial charge in [-0.25, -0.2) is 0 Å². The molecule has 1 nitrogen and oxygen atoms in total. The van der Waals surface area contributed by atoms with Gasteiger partial charge in [0.2, 0.25) is 0 Å². The SMILES string of the molecule is C=C(C)CC(NCCC)C1(c2ccccc2)CCCC1. The van der Waals surface area contributed by atoms with Crippen LogP contribution in [0.25, 0.3) is 0 Å². The smallest absolute Gasteiger partial charge is 0.0201 e. The summed E-state index contributed by atoms with van der Waals surface area (Å²) >= 11 is 0. The summed E-state index contributed by atoms with van der Waals surface area (Å²) in [6.07, 6.45) is 7.62. The lowest BCUT2D eigenvalue weighted by Gasteiger charge is -2.39. The Hall–Kier alpha value is -1.08. The van der Waals surface area contributed by atoms with Crippen molar-refractivity contribution in [2.45, 2.75) is 63.8 Å². The molecular formula is C19H29N. The lowest BCUT2D eigenvalue weighted by Crippen LogP contribution is -2.47. The first-order valence-electron chi connectivity index (χ1n) is 8.12. The minimum Gasteiger partial charge on any atom is -0.313 e. The Morgan fingerprint density at radius 3 is 2.45 bits per heavy atom. The van der Waals surface area contributed by atoms with E-state index >= 15 is 0 Å². The zero-order valence-electron chi connectivity index (χ0n) is 13.1. The molecule has 1 fully saturated rings. The molecule has 1 aliphatic carbocycles. The molecule has 0 radical (unpaired) electrons. The van der Waals surface area contributed by atoms with E-state index in [9.17, 15) is 0 Å². The summed E-state index contributed by atoms with van der Waals surface area (Å²) in [7, 11) is 0. The normalized spacial score (nSPS) is 18.9. The van der Waals surface area contributed by atoms with Crippen LogP contribution in [0, 0.1) is 0 Å². The Morgan fingerprint density at radius 2 is 1.90 bits per heavy atom. The van der Waals surface area contributed by atoms with Crippen LogP contribution in [-0.2, 0) is 5.41 Å². The molecule has 2 rings (SSSR count). The standard InChI is InChI=1S/C19H29N/c1-4-14-20-18(15-16(2)3)19(12-8-9-13-19)17-10-6-5-7-11-17/h5-7,10-11,18,20H,2,4,8-9,12-15H2,1,3H3. The maximum Gasteiger partial charge on any atom is 0.0201 e. The van der Waals surface area contributed by atoms with Crippen LogP contribution < -0.4 is 5.32 Å². The van der Waals surface area contributed by atoms with E-state index in [1.165, 1.54) is 43.2 Å². The first-order chi connectivity index (χ1) is 9.69. The van der Waals surface area contributed by atoms with Crippen LogP contribution in [0.2, 0.25) is 0 Å². The molecule has 1 aliphatic rings. The van der Waals surface area contributed by atoms with Crippen molar-refractivity contribution in [3.8, 4) is 0 Å². The highest BCUT2D eigenvalue weighted by Gasteiger charge is 2.42. The molecule has 1 N–H and O–H groups in total. The van der Waals surface area contributed by atoms with Crippen molar-refractivity contribution in [1.82, 2.24) is 5.32 Å². The van der Waals surface area contributed by atoms with Crippen LogP contribution in [0.4, 0.5) is 0 Å². The van der Waals surface area contributed by atoms with Gasteiger partial charge < -0.3 is 5.32 Å². The number of benzene rings is 1. The van der Waals surface area contributed by atoms with Gasteiger partial charge >= 0.3 is 0 Å². The van der Waals surface area contributed by atoms with Crippen molar-refractivity contribution in [3.63, 3.8) is 0 Å². The Bertz CT molecular complexity index is 415. The van der Waals surface area contributed by atoms with Gasteiger partial charge in [0.15, 0.2) is 0 Å². The fourth-order valence-corrected chi connectivity index (χ4v) is 3.74. The van der Waals surface area contributed by atoms with Crippen molar-refractivity contribution < 1.29 is 0 Å². The van der Waals surface area contributed by atoms with Crippen molar-refractivity contribution >= 4 is 0 Å². The molecule has 1 aromatic rings. The monoisotopic (exact) mass is 271 g/mol. The molecule has 0 aliphatic heterocycles. The highest BCUT2D eigenvalue weighted by atomic mass is 14.9. The maximum absolute atomic E-state index is 4.16. The summed E-state index contributed by atoms with van der Waals surface area (Å²) in [5.74, 6) is 0. The van der Waals surface area contributed by atoms with Gasteiger partial charge in [-0.3, -0.25) is 0 Å². The topological polar surface area (TPSA) is 12.0 Å². The molecule has 20 heavy (non-hydrogen) atoms. The van der Waals surface area contributed by atoms with Gasteiger partial charge in [-0.15, -0.1) is 6.58 Å². The molecule has 1 unspecified atom stereocenters. The van der Waals surface area contributed by atoms with Crippen LogP contribution in [0.5, 0.6) is 0 Å². The predicted octanol–water partition coefficient (Wildman–Crippen LogP) is 4.83. The van der Waals surface area contributed by atoms with Crippen LogP contribution in [-0.4, -0.2) is 12.6 Å². The van der Waals surface area contributed by atoms with Crippen LogP contribution in [0.1, 0.15) is 57.9 Å². The average molecular weight is 271 g/mol. The minimum absolute atomic E-state index is 0.315. The van der Waals surface area contributed by atoms with E-state index in [1.807, 2.05) is 0 Å². The van der Waals surface area contributed by atoms with E-state index in [1.54, 1.807) is 0 Å². The van der Waals surface area contributed by atoms with Gasteiger partial charge in [0.25, 0.3) is 0 Å². The van der Waals surface area contributed by atoms with Crippen molar-refractivity contribution in [2.24, 2.45) is 0 Å². The molecular weight excluding hydrogens is 242 g/mol. The van der Waals surface area contributed by atoms with E-state index in [0.717, 1.165) is 13.0 Å². The second-order valence-electron chi connectivity index (χ2n) is 6.40. The Kier molecular flexibility index (Phi) is 5.42. The lowest BCUT2D eigenvalue weighted by molar-refractivity contribution is 0.293. The second kappa shape index (κ2) is 7.08. The van der Waals surface area contributed by atoms with Crippen LogP contribution >= 0.6 is 0 Å². The molecule has 0 heterocycles. The van der Waals surface area contributed by atoms with Gasteiger partial charge in [-0.05, 0) is 44.7 Å². The molecule has 1 saturated carbocycles. The van der Waals surface area contributed by atoms with E-state index in [0.29, 0.717) is 11.5 Å². The Morgan fingerprint density at radius 1 is 1.25 bits per heavy atom. The quantitative estimate of drug-likeness (QED) is 0.700. The molecule has 0 amide bonds.